The van der Waals surface area contributed by atoms with Crippen molar-refractivity contribution in [3.63, 3.8) is 0 Å². The zero-order valence-electron chi connectivity index (χ0n) is 11.4. The maximum atomic E-state index is 11.3. The highest BCUT2D eigenvalue weighted by atomic mass is 32.2. The van der Waals surface area contributed by atoms with Gasteiger partial charge in [0.2, 0.25) is 5.91 Å². The first-order valence-corrected chi connectivity index (χ1v) is 7.56. The van der Waals surface area contributed by atoms with E-state index < -0.39 is 12.0 Å². The van der Waals surface area contributed by atoms with Crippen molar-refractivity contribution in [3.05, 3.63) is 0 Å². The van der Waals surface area contributed by atoms with Crippen molar-refractivity contribution in [1.29, 1.82) is 0 Å². The first-order valence-electron chi connectivity index (χ1n) is 6.28. The van der Waals surface area contributed by atoms with E-state index in [1.807, 2.05) is 6.26 Å². The molecular weight excluding hydrogens is 268 g/mol. The Hall–Kier alpha value is -1.24. The third kappa shape index (κ3) is 11.6. The Balaban J connectivity index is 3.58. The number of hydrogen-bond acceptors (Lipinski definition) is 4. The van der Waals surface area contributed by atoms with E-state index >= 15 is 0 Å². The molecule has 0 fully saturated rings. The minimum absolute atomic E-state index is 0.0477. The number of thioether (sulfide) groups is 1. The summed E-state index contributed by atoms with van der Waals surface area (Å²) in [5.74, 6) is -1.25. The number of rotatable bonds is 9. The summed E-state index contributed by atoms with van der Waals surface area (Å²) in [4.78, 5) is 32.9. The summed E-state index contributed by atoms with van der Waals surface area (Å²) >= 11 is 1.72. The Morgan fingerprint density at radius 2 is 1.84 bits per heavy atom. The van der Waals surface area contributed by atoms with Gasteiger partial charge in [-0.2, -0.15) is 11.8 Å². The molecule has 1 atom stereocenters. The van der Waals surface area contributed by atoms with Crippen LogP contribution in [-0.2, 0) is 9.59 Å². The van der Waals surface area contributed by atoms with Crippen LogP contribution in [0.3, 0.4) is 0 Å². The van der Waals surface area contributed by atoms with Crippen LogP contribution >= 0.6 is 11.8 Å². The van der Waals surface area contributed by atoms with E-state index in [0.29, 0.717) is 24.6 Å². The van der Waals surface area contributed by atoms with Gasteiger partial charge in [0.1, 0.15) is 0 Å². The highest BCUT2D eigenvalue weighted by Crippen LogP contribution is 2.07. The molecule has 0 aromatic carbocycles. The number of carbonyl (C=O) groups excluding carboxylic acids is 2. The number of unbranched alkanes of at least 4 members (excludes halogenated alkanes) is 1. The summed E-state index contributed by atoms with van der Waals surface area (Å²) in [7, 11) is 0. The summed E-state index contributed by atoms with van der Waals surface area (Å²) in [5, 5.41) is 13.7. The van der Waals surface area contributed by atoms with Gasteiger partial charge >= 0.3 is 12.0 Å². The van der Waals surface area contributed by atoms with E-state index in [4.69, 9.17) is 5.11 Å². The van der Waals surface area contributed by atoms with Crippen molar-refractivity contribution in [2.45, 2.75) is 44.3 Å². The van der Waals surface area contributed by atoms with Gasteiger partial charge in [-0.1, -0.05) is 6.92 Å². The topological polar surface area (TPSA) is 95.5 Å². The zero-order valence-corrected chi connectivity index (χ0v) is 12.2. The van der Waals surface area contributed by atoms with E-state index in [-0.39, 0.29) is 18.7 Å². The number of carboxylic acids is 1. The van der Waals surface area contributed by atoms with Crippen LogP contribution in [0.1, 0.15) is 39.0 Å². The maximum absolute atomic E-state index is 11.3. The van der Waals surface area contributed by atoms with E-state index in [1.165, 1.54) is 0 Å². The summed E-state index contributed by atoms with van der Waals surface area (Å²) in [6.07, 6.45) is 3.98. The van der Waals surface area contributed by atoms with Gasteiger partial charge in [0.05, 0.1) is 0 Å². The summed E-state index contributed by atoms with van der Waals surface area (Å²) < 4.78 is 0. The molecule has 19 heavy (non-hydrogen) atoms. The molecular formula is C12H22N2O4S. The Labute approximate surface area is 117 Å². The fraction of sp³-hybridized carbons (Fsp3) is 0.750. The molecule has 0 saturated heterocycles. The molecule has 0 aliphatic carbocycles. The Bertz CT molecular complexity index is 310. The molecule has 0 aromatic rings. The lowest BCUT2D eigenvalue weighted by Crippen LogP contribution is -2.40. The summed E-state index contributed by atoms with van der Waals surface area (Å²) in [6.45, 7) is 2.60. The predicted octanol–water partition coefficient (Wildman–Crippen LogP) is 1.60. The number of nitrogens with one attached hydrogen (secondary N) is 2. The molecule has 3 N–H and O–H groups in total. The molecule has 0 saturated carbocycles. The van der Waals surface area contributed by atoms with Crippen LogP contribution in [0.5, 0.6) is 0 Å². The van der Waals surface area contributed by atoms with Crippen LogP contribution in [0.4, 0.5) is 4.79 Å². The van der Waals surface area contributed by atoms with Crippen molar-refractivity contribution < 1.29 is 19.5 Å². The Morgan fingerprint density at radius 3 is 2.42 bits per heavy atom. The Kier molecular flexibility index (Phi) is 9.97. The molecule has 0 radical (unpaired) electrons. The van der Waals surface area contributed by atoms with E-state index in [0.717, 1.165) is 6.42 Å². The first-order chi connectivity index (χ1) is 8.95. The largest absolute Gasteiger partial charge is 0.481 e. The van der Waals surface area contributed by atoms with Crippen molar-refractivity contribution in [1.82, 2.24) is 10.6 Å². The standard InChI is InChI=1S/C12H22N2O4S/c1-9(19-2)7-8-13-12(18)14-10(15)5-3-4-6-11(16)17/h9H,3-8H2,1-2H3,(H,16,17)(H2,13,14,15,18). The highest BCUT2D eigenvalue weighted by molar-refractivity contribution is 7.99. The molecule has 0 heterocycles. The van der Waals surface area contributed by atoms with E-state index in [2.05, 4.69) is 17.6 Å². The molecule has 0 bridgehead atoms. The lowest BCUT2D eigenvalue weighted by Gasteiger charge is -2.09. The molecule has 6 nitrogen and oxygen atoms in total. The molecule has 0 aromatic heterocycles. The van der Waals surface area contributed by atoms with Gasteiger partial charge in [-0.3, -0.25) is 14.9 Å². The number of aliphatic carboxylic acids is 1. The average Bonchev–Trinajstić information content (AvgIpc) is 2.34. The van der Waals surface area contributed by atoms with Crippen molar-refractivity contribution >= 4 is 29.7 Å². The number of amides is 3. The fourth-order valence-corrected chi connectivity index (χ4v) is 1.66. The van der Waals surface area contributed by atoms with Crippen LogP contribution in [0.15, 0.2) is 0 Å². The Morgan fingerprint density at radius 1 is 1.21 bits per heavy atom. The van der Waals surface area contributed by atoms with Crippen molar-refractivity contribution in [3.8, 4) is 0 Å². The second-order valence-electron chi connectivity index (χ2n) is 4.24. The van der Waals surface area contributed by atoms with Gasteiger partial charge in [0.15, 0.2) is 0 Å². The molecule has 0 rings (SSSR count). The third-order valence-electron chi connectivity index (χ3n) is 2.54. The zero-order chi connectivity index (χ0) is 14.7. The minimum atomic E-state index is -0.874. The number of hydrogen-bond donors (Lipinski definition) is 3. The average molecular weight is 290 g/mol. The van der Waals surface area contributed by atoms with Gasteiger partial charge in [-0.25, -0.2) is 4.79 Å². The SMILES string of the molecule is CSC(C)CCNC(=O)NC(=O)CCCCC(=O)O. The quantitative estimate of drug-likeness (QED) is 0.561. The predicted molar refractivity (Wildman–Crippen MR) is 75.2 cm³/mol. The second kappa shape index (κ2) is 10.7. The van der Waals surface area contributed by atoms with Gasteiger partial charge < -0.3 is 10.4 Å². The van der Waals surface area contributed by atoms with E-state index in [1.54, 1.807) is 11.8 Å². The van der Waals surface area contributed by atoms with Gasteiger partial charge in [-0.15, -0.1) is 0 Å². The number of carboxylic acid groups (broad SMARTS) is 1. The van der Waals surface area contributed by atoms with E-state index in [9.17, 15) is 14.4 Å². The first kappa shape index (κ1) is 17.8. The minimum Gasteiger partial charge on any atom is -0.481 e. The van der Waals surface area contributed by atoms with Crippen LogP contribution in [0.25, 0.3) is 0 Å². The molecule has 110 valence electrons. The van der Waals surface area contributed by atoms with Crippen molar-refractivity contribution in [2.75, 3.05) is 12.8 Å². The van der Waals surface area contributed by atoms with Gasteiger partial charge in [0.25, 0.3) is 0 Å². The third-order valence-corrected chi connectivity index (χ3v) is 3.58. The van der Waals surface area contributed by atoms with Crippen LogP contribution in [0.2, 0.25) is 0 Å². The number of carbonyl (C=O) groups is 3. The molecule has 7 heteroatoms. The summed E-state index contributed by atoms with van der Waals surface area (Å²) in [6, 6.07) is -0.489. The molecule has 3 amide bonds. The van der Waals surface area contributed by atoms with Crippen LogP contribution in [-0.4, -0.2) is 41.1 Å². The number of urea groups is 1. The molecule has 1 unspecified atom stereocenters. The normalized spacial score (nSPS) is 11.7. The van der Waals surface area contributed by atoms with Gasteiger partial charge in [-0.05, 0) is 25.5 Å². The monoisotopic (exact) mass is 290 g/mol. The fourth-order valence-electron chi connectivity index (χ4n) is 1.30. The lowest BCUT2D eigenvalue weighted by atomic mass is 10.2. The van der Waals surface area contributed by atoms with Gasteiger partial charge in [0, 0.05) is 24.6 Å². The van der Waals surface area contributed by atoms with Crippen LogP contribution < -0.4 is 10.6 Å². The highest BCUT2D eigenvalue weighted by Gasteiger charge is 2.08. The molecule has 0 spiro atoms. The summed E-state index contributed by atoms with van der Waals surface area (Å²) in [5.41, 5.74) is 0. The second-order valence-corrected chi connectivity index (χ2v) is 5.52. The molecule has 0 aliphatic rings. The van der Waals surface area contributed by atoms with Crippen LogP contribution in [0, 0.1) is 0 Å². The number of imide groups is 1. The lowest BCUT2D eigenvalue weighted by molar-refractivity contribution is -0.137. The smallest absolute Gasteiger partial charge is 0.321 e. The van der Waals surface area contributed by atoms with Crippen molar-refractivity contribution in [2.24, 2.45) is 0 Å². The maximum Gasteiger partial charge on any atom is 0.321 e. The molecule has 0 aliphatic heterocycles.